The van der Waals surface area contributed by atoms with Crippen LogP contribution in [0, 0.1) is 0 Å². The molecule has 1 amide bonds. The molecule has 1 heterocycles. The zero-order valence-corrected chi connectivity index (χ0v) is 15.6. The first-order valence-corrected chi connectivity index (χ1v) is 9.08. The Kier molecular flexibility index (Phi) is 6.05. The van der Waals surface area contributed by atoms with Crippen LogP contribution in [0.5, 0.6) is 0 Å². The van der Waals surface area contributed by atoms with Gasteiger partial charge >= 0.3 is 0 Å². The number of anilines is 3. The molecule has 0 aliphatic rings. The van der Waals surface area contributed by atoms with E-state index in [1.54, 1.807) is 18.3 Å². The SMILES string of the molecule is CCNc1cc(C(=O)Nc2ccc(NC(C)c3ccccc3)cc2)ccn1. The number of carbonyl (C=O) groups excluding carboxylic acids is 1. The molecule has 27 heavy (non-hydrogen) atoms. The lowest BCUT2D eigenvalue weighted by molar-refractivity contribution is 0.102. The van der Waals surface area contributed by atoms with Crippen LogP contribution in [-0.2, 0) is 0 Å². The molecule has 1 atom stereocenters. The van der Waals surface area contributed by atoms with Crippen LogP contribution in [0.4, 0.5) is 17.2 Å². The smallest absolute Gasteiger partial charge is 0.255 e. The van der Waals surface area contributed by atoms with Gasteiger partial charge in [0.25, 0.3) is 5.91 Å². The van der Waals surface area contributed by atoms with Gasteiger partial charge in [0.1, 0.15) is 5.82 Å². The average molecular weight is 360 g/mol. The fraction of sp³-hybridized carbons (Fsp3) is 0.182. The van der Waals surface area contributed by atoms with Gasteiger partial charge in [-0.05, 0) is 55.8 Å². The van der Waals surface area contributed by atoms with E-state index >= 15 is 0 Å². The molecule has 2 aromatic carbocycles. The van der Waals surface area contributed by atoms with E-state index in [0.29, 0.717) is 11.4 Å². The monoisotopic (exact) mass is 360 g/mol. The van der Waals surface area contributed by atoms with Crippen molar-refractivity contribution in [3.05, 3.63) is 84.1 Å². The highest BCUT2D eigenvalue weighted by Crippen LogP contribution is 2.21. The van der Waals surface area contributed by atoms with E-state index in [1.807, 2.05) is 49.4 Å². The first-order valence-electron chi connectivity index (χ1n) is 9.08. The van der Waals surface area contributed by atoms with E-state index in [2.05, 4.69) is 40.0 Å². The van der Waals surface area contributed by atoms with Gasteiger partial charge in [0.05, 0.1) is 0 Å². The van der Waals surface area contributed by atoms with Crippen molar-refractivity contribution in [2.45, 2.75) is 19.9 Å². The first kappa shape index (κ1) is 18.5. The standard InChI is InChI=1S/C22H24N4O/c1-3-23-21-15-18(13-14-24-21)22(27)26-20-11-9-19(10-12-20)25-16(2)17-7-5-4-6-8-17/h4-16,25H,3H2,1-2H3,(H,23,24)(H,26,27). The van der Waals surface area contributed by atoms with E-state index in [-0.39, 0.29) is 11.9 Å². The average Bonchev–Trinajstić information content (AvgIpc) is 2.70. The molecule has 1 aromatic heterocycles. The van der Waals surface area contributed by atoms with Gasteiger partial charge in [-0.1, -0.05) is 30.3 Å². The predicted molar refractivity (Wildman–Crippen MR) is 111 cm³/mol. The predicted octanol–water partition coefficient (Wildman–Crippen LogP) is 4.94. The minimum atomic E-state index is -0.157. The molecule has 0 aliphatic heterocycles. The molecular formula is C22H24N4O. The lowest BCUT2D eigenvalue weighted by atomic mass is 10.1. The third-order valence-electron chi connectivity index (χ3n) is 4.21. The highest BCUT2D eigenvalue weighted by molar-refractivity contribution is 6.04. The fourth-order valence-electron chi connectivity index (χ4n) is 2.78. The van der Waals surface area contributed by atoms with Crippen LogP contribution < -0.4 is 16.0 Å². The van der Waals surface area contributed by atoms with Gasteiger partial charge in [0.15, 0.2) is 0 Å². The van der Waals surface area contributed by atoms with Crippen LogP contribution in [0.3, 0.4) is 0 Å². The number of aromatic nitrogens is 1. The summed E-state index contributed by atoms with van der Waals surface area (Å²) >= 11 is 0. The Morgan fingerprint density at radius 1 is 1.00 bits per heavy atom. The fourth-order valence-corrected chi connectivity index (χ4v) is 2.78. The molecule has 5 nitrogen and oxygen atoms in total. The minimum absolute atomic E-state index is 0.157. The number of rotatable bonds is 7. The summed E-state index contributed by atoms with van der Waals surface area (Å²) in [6.45, 7) is 4.87. The van der Waals surface area contributed by atoms with Crippen molar-refractivity contribution in [3.63, 3.8) is 0 Å². The summed E-state index contributed by atoms with van der Waals surface area (Å²) in [5.41, 5.74) is 3.55. The maximum absolute atomic E-state index is 12.4. The van der Waals surface area contributed by atoms with Crippen molar-refractivity contribution < 1.29 is 4.79 Å². The normalized spacial score (nSPS) is 11.5. The first-order chi connectivity index (χ1) is 13.2. The molecule has 3 N–H and O–H groups in total. The summed E-state index contributed by atoms with van der Waals surface area (Å²) < 4.78 is 0. The van der Waals surface area contributed by atoms with Crippen LogP contribution in [0.1, 0.15) is 35.8 Å². The maximum atomic E-state index is 12.4. The van der Waals surface area contributed by atoms with Crippen molar-refractivity contribution in [1.82, 2.24) is 4.98 Å². The number of carbonyl (C=O) groups is 1. The topological polar surface area (TPSA) is 66.1 Å². The molecule has 0 fully saturated rings. The Morgan fingerprint density at radius 2 is 1.70 bits per heavy atom. The number of nitrogens with one attached hydrogen (secondary N) is 3. The lowest BCUT2D eigenvalue weighted by Gasteiger charge is -2.16. The van der Waals surface area contributed by atoms with Crippen molar-refractivity contribution in [3.8, 4) is 0 Å². The molecule has 0 aliphatic carbocycles. The molecular weight excluding hydrogens is 336 g/mol. The second kappa shape index (κ2) is 8.85. The largest absolute Gasteiger partial charge is 0.379 e. The van der Waals surface area contributed by atoms with Gasteiger partial charge in [0, 0.05) is 35.7 Å². The van der Waals surface area contributed by atoms with Gasteiger partial charge in [-0.15, -0.1) is 0 Å². The van der Waals surface area contributed by atoms with E-state index < -0.39 is 0 Å². The van der Waals surface area contributed by atoms with Crippen molar-refractivity contribution in [2.24, 2.45) is 0 Å². The Labute approximate surface area is 159 Å². The van der Waals surface area contributed by atoms with Gasteiger partial charge < -0.3 is 16.0 Å². The summed E-state index contributed by atoms with van der Waals surface area (Å²) in [5, 5.41) is 9.49. The van der Waals surface area contributed by atoms with E-state index in [0.717, 1.165) is 17.9 Å². The van der Waals surface area contributed by atoms with Crippen LogP contribution in [0.2, 0.25) is 0 Å². The van der Waals surface area contributed by atoms with Gasteiger partial charge in [0.2, 0.25) is 0 Å². The van der Waals surface area contributed by atoms with E-state index in [1.165, 1.54) is 5.56 Å². The molecule has 0 spiro atoms. The number of nitrogens with zero attached hydrogens (tertiary/aromatic N) is 1. The number of hydrogen-bond acceptors (Lipinski definition) is 4. The highest BCUT2D eigenvalue weighted by Gasteiger charge is 2.08. The van der Waals surface area contributed by atoms with Crippen molar-refractivity contribution in [2.75, 3.05) is 22.5 Å². The molecule has 5 heteroatoms. The zero-order chi connectivity index (χ0) is 19.1. The molecule has 3 rings (SSSR count). The Balaban J connectivity index is 1.62. The van der Waals surface area contributed by atoms with Crippen LogP contribution in [-0.4, -0.2) is 17.4 Å². The van der Waals surface area contributed by atoms with Crippen LogP contribution >= 0.6 is 0 Å². The highest BCUT2D eigenvalue weighted by atomic mass is 16.1. The zero-order valence-electron chi connectivity index (χ0n) is 15.6. The summed E-state index contributed by atoms with van der Waals surface area (Å²) in [5.74, 6) is 0.537. The molecule has 0 saturated carbocycles. The van der Waals surface area contributed by atoms with Crippen molar-refractivity contribution in [1.29, 1.82) is 0 Å². The third-order valence-corrected chi connectivity index (χ3v) is 4.21. The van der Waals surface area contributed by atoms with E-state index in [4.69, 9.17) is 0 Å². The lowest BCUT2D eigenvalue weighted by Crippen LogP contribution is -2.13. The molecule has 1 unspecified atom stereocenters. The molecule has 0 saturated heterocycles. The summed E-state index contributed by atoms with van der Waals surface area (Å²) in [7, 11) is 0. The van der Waals surface area contributed by atoms with Crippen LogP contribution in [0.15, 0.2) is 72.9 Å². The molecule has 0 bridgehead atoms. The summed E-state index contributed by atoms with van der Waals surface area (Å²) in [6, 6.07) is 21.6. The molecule has 138 valence electrons. The summed E-state index contributed by atoms with van der Waals surface area (Å²) in [4.78, 5) is 16.6. The molecule has 3 aromatic rings. The molecule has 0 radical (unpaired) electrons. The Bertz CT molecular complexity index is 878. The number of benzene rings is 2. The maximum Gasteiger partial charge on any atom is 0.255 e. The van der Waals surface area contributed by atoms with E-state index in [9.17, 15) is 4.79 Å². The number of amides is 1. The minimum Gasteiger partial charge on any atom is -0.379 e. The third kappa shape index (κ3) is 5.07. The summed E-state index contributed by atoms with van der Waals surface area (Å²) in [6.07, 6.45) is 1.63. The number of hydrogen-bond donors (Lipinski definition) is 3. The second-order valence-corrected chi connectivity index (χ2v) is 6.27. The Morgan fingerprint density at radius 3 is 2.41 bits per heavy atom. The quantitative estimate of drug-likeness (QED) is 0.558. The van der Waals surface area contributed by atoms with Gasteiger partial charge in [-0.2, -0.15) is 0 Å². The van der Waals surface area contributed by atoms with Crippen LogP contribution in [0.25, 0.3) is 0 Å². The second-order valence-electron chi connectivity index (χ2n) is 6.27. The van der Waals surface area contributed by atoms with Gasteiger partial charge in [-0.25, -0.2) is 4.98 Å². The van der Waals surface area contributed by atoms with Gasteiger partial charge in [-0.3, -0.25) is 4.79 Å². The number of pyridine rings is 1. The Hall–Kier alpha value is -3.34. The van der Waals surface area contributed by atoms with Crippen molar-refractivity contribution >= 4 is 23.1 Å².